The fourth-order valence-corrected chi connectivity index (χ4v) is 4.61. The van der Waals surface area contributed by atoms with E-state index >= 15 is 0 Å². The summed E-state index contributed by atoms with van der Waals surface area (Å²) in [6, 6.07) is 10.2. The molecule has 2 aromatic carbocycles. The Morgan fingerprint density at radius 1 is 0.906 bits per heavy atom. The predicted octanol–water partition coefficient (Wildman–Crippen LogP) is 6.45. The van der Waals surface area contributed by atoms with Gasteiger partial charge in [0.15, 0.2) is 5.52 Å². The molecule has 1 unspecified atom stereocenters. The maximum absolute atomic E-state index is 13.3. The fourth-order valence-electron chi connectivity index (χ4n) is 3.42. The van der Waals surface area contributed by atoms with Gasteiger partial charge in [0.2, 0.25) is 0 Å². The van der Waals surface area contributed by atoms with Crippen molar-refractivity contribution in [1.29, 1.82) is 0 Å². The molecule has 2 rings (SSSR count). The third-order valence-electron chi connectivity index (χ3n) is 5.35. The zero-order chi connectivity index (χ0) is 23.0. The van der Waals surface area contributed by atoms with Crippen LogP contribution in [-0.2, 0) is 5.41 Å². The van der Waals surface area contributed by atoms with E-state index < -0.39 is 0 Å². The van der Waals surface area contributed by atoms with Crippen LogP contribution in [0.1, 0.15) is 87.4 Å². The summed E-state index contributed by atoms with van der Waals surface area (Å²) in [5.74, 6) is 1.58. The van der Waals surface area contributed by atoms with Crippen LogP contribution in [0.2, 0.25) is 0 Å². The summed E-state index contributed by atoms with van der Waals surface area (Å²) in [6.45, 7) is 16.3. The number of ether oxygens (including phenoxy) is 2. The van der Waals surface area contributed by atoms with Gasteiger partial charge in [0.1, 0.15) is 11.5 Å². The molecule has 0 heterocycles. The summed E-state index contributed by atoms with van der Waals surface area (Å²) < 4.78 is 11.9. The molecule has 172 valence electrons. The topological polar surface area (TPSA) is 35.5 Å². The van der Waals surface area contributed by atoms with Gasteiger partial charge < -0.3 is 9.47 Å². The molecule has 0 saturated heterocycles. The molecule has 0 fully saturated rings. The van der Waals surface area contributed by atoms with E-state index in [-0.39, 0.29) is 38.4 Å². The van der Waals surface area contributed by atoms with Gasteiger partial charge in [-0.15, -0.1) is 0 Å². The Balaban J connectivity index is 0.00000512. The number of hydrogen-bond acceptors (Lipinski definition) is 3. The third-order valence-corrected chi connectivity index (χ3v) is 6.51. The number of unbranched alkanes of at least 4 members (excludes halogenated alkanes) is 2. The van der Waals surface area contributed by atoms with Gasteiger partial charge in [-0.05, 0) is 69.5 Å². The Morgan fingerprint density at radius 3 is 2.00 bits per heavy atom. The average Bonchev–Trinajstić information content (AvgIpc) is 2.69. The van der Waals surface area contributed by atoms with E-state index in [4.69, 9.17) is 9.47 Å². The molecule has 2 aromatic rings. The second-order valence-corrected chi connectivity index (χ2v) is 10.5. The number of carbonyl (C=O) groups is 1. The van der Waals surface area contributed by atoms with Crippen LogP contribution in [0.5, 0.6) is 11.5 Å². The predicted molar refractivity (Wildman–Crippen MR) is 141 cm³/mol. The molecule has 0 spiro atoms. The molecule has 0 aliphatic rings. The van der Waals surface area contributed by atoms with E-state index in [1.807, 2.05) is 32.0 Å². The van der Waals surface area contributed by atoms with E-state index in [0.29, 0.717) is 13.2 Å². The summed E-state index contributed by atoms with van der Waals surface area (Å²) in [4.78, 5) is 13.3. The van der Waals surface area contributed by atoms with Gasteiger partial charge in [-0.3, -0.25) is 4.79 Å². The van der Waals surface area contributed by atoms with Gasteiger partial charge >= 0.3 is 18.9 Å². The fraction of sp³-hybridized carbons (Fsp3) is 0.519. The van der Waals surface area contributed by atoms with Crippen LogP contribution in [0.25, 0.3) is 0 Å². The van der Waals surface area contributed by atoms with Crippen molar-refractivity contribution < 1.29 is 14.3 Å². The van der Waals surface area contributed by atoms with Crippen LogP contribution in [-0.4, -0.2) is 37.6 Å². The summed E-state index contributed by atoms with van der Waals surface area (Å²) in [6.07, 6.45) is 4.18. The second-order valence-electron chi connectivity index (χ2n) is 9.25. The monoisotopic (exact) mass is 450 g/mol. The molecule has 3 nitrogen and oxygen atoms in total. The van der Waals surface area contributed by atoms with E-state index in [2.05, 4.69) is 46.8 Å². The van der Waals surface area contributed by atoms with Crippen molar-refractivity contribution in [1.82, 2.24) is 0 Å². The number of rotatable bonds is 11. The summed E-state index contributed by atoms with van der Waals surface area (Å²) in [5.41, 5.74) is 4.43. The molecule has 0 saturated carbocycles. The molecule has 0 amide bonds. The molecule has 0 aliphatic heterocycles. The summed E-state index contributed by atoms with van der Waals surface area (Å²) in [7, 11) is 0.0220. The number of carbonyl (C=O) groups excluding carboxylic acids is 1. The Bertz CT molecular complexity index is 864. The normalized spacial score (nSPS) is 11.5. The molecular weight excluding hydrogens is 410 g/mol. The molecular formula is C27H40LiO3P. The first-order valence-corrected chi connectivity index (χ1v) is 12.5. The van der Waals surface area contributed by atoms with Gasteiger partial charge in [-0.2, -0.15) is 0 Å². The SMILES string of the molecule is CCCCOc1ccc(PC(=O)c2c(C)cc(C(C)(C)C)cc2C)c(OCCCC)c1.[LiH]. The Kier molecular flexibility index (Phi) is 12.1. The van der Waals surface area contributed by atoms with Crippen molar-refractivity contribution in [3.63, 3.8) is 0 Å². The van der Waals surface area contributed by atoms with Gasteiger partial charge in [-0.25, -0.2) is 0 Å². The van der Waals surface area contributed by atoms with Crippen molar-refractivity contribution in [2.75, 3.05) is 13.2 Å². The van der Waals surface area contributed by atoms with Crippen LogP contribution in [0.4, 0.5) is 0 Å². The van der Waals surface area contributed by atoms with Gasteiger partial charge in [0.05, 0.1) is 13.2 Å². The Hall–Kier alpha value is -1.26. The van der Waals surface area contributed by atoms with Crippen LogP contribution >= 0.6 is 8.58 Å². The van der Waals surface area contributed by atoms with E-state index in [9.17, 15) is 4.79 Å². The molecule has 1 atom stereocenters. The summed E-state index contributed by atoms with van der Waals surface area (Å²) in [5, 5.41) is 0.947. The number of benzene rings is 2. The quantitative estimate of drug-likeness (QED) is 0.224. The average molecular weight is 451 g/mol. The van der Waals surface area contributed by atoms with Crippen molar-refractivity contribution in [2.45, 2.75) is 79.6 Å². The number of aryl methyl sites for hydroxylation is 2. The zero-order valence-electron chi connectivity index (χ0n) is 20.4. The molecule has 0 radical (unpaired) electrons. The molecule has 0 aliphatic carbocycles. The standard InChI is InChI=1S/C27H39O3P.Li.H/c1-8-10-14-29-22-12-13-24(23(18-22)30-15-11-9-2)31-26(28)25-19(3)16-21(17-20(25)4)27(5,6)7;;/h12-13,16-18,31H,8-11,14-15H2,1-7H3;;. The van der Waals surface area contributed by atoms with Gasteiger partial charge in [-0.1, -0.05) is 59.6 Å². The van der Waals surface area contributed by atoms with Crippen LogP contribution in [0.15, 0.2) is 30.3 Å². The minimum absolute atomic E-state index is 0. The van der Waals surface area contributed by atoms with Crippen LogP contribution < -0.4 is 14.8 Å². The summed E-state index contributed by atoms with van der Waals surface area (Å²) >= 11 is 0. The second kappa shape index (κ2) is 13.4. The van der Waals surface area contributed by atoms with Crippen molar-refractivity contribution in [2.24, 2.45) is 0 Å². The van der Waals surface area contributed by atoms with Crippen LogP contribution in [0.3, 0.4) is 0 Å². The Morgan fingerprint density at radius 2 is 1.47 bits per heavy atom. The molecule has 0 aromatic heterocycles. The first kappa shape index (κ1) is 28.8. The van der Waals surface area contributed by atoms with E-state index in [1.54, 1.807) is 0 Å². The number of hydrogen-bond donors (Lipinski definition) is 0. The van der Waals surface area contributed by atoms with Crippen molar-refractivity contribution >= 4 is 38.3 Å². The van der Waals surface area contributed by atoms with Crippen LogP contribution in [0, 0.1) is 13.8 Å². The van der Waals surface area contributed by atoms with E-state index in [0.717, 1.165) is 59.2 Å². The van der Waals surface area contributed by atoms with Gasteiger partial charge in [0.25, 0.3) is 0 Å². The minimum atomic E-state index is 0. The maximum atomic E-state index is 13.3. The first-order valence-electron chi connectivity index (χ1n) is 11.5. The van der Waals surface area contributed by atoms with Gasteiger partial charge in [0, 0.05) is 16.9 Å². The molecule has 5 heteroatoms. The van der Waals surface area contributed by atoms with E-state index in [1.165, 1.54) is 5.56 Å². The van der Waals surface area contributed by atoms with Crippen molar-refractivity contribution in [3.05, 3.63) is 52.6 Å². The molecule has 0 bridgehead atoms. The first-order chi connectivity index (χ1) is 14.7. The molecule has 0 N–H and O–H groups in total. The Labute approximate surface area is 209 Å². The van der Waals surface area contributed by atoms with Crippen molar-refractivity contribution in [3.8, 4) is 11.5 Å². The third kappa shape index (κ3) is 8.26. The molecule has 32 heavy (non-hydrogen) atoms. The zero-order valence-corrected chi connectivity index (χ0v) is 21.4.